The largest absolute Gasteiger partial charge is 0.401 e. The highest BCUT2D eigenvalue weighted by molar-refractivity contribution is 5.97. The van der Waals surface area contributed by atoms with Crippen molar-refractivity contribution in [3.63, 3.8) is 0 Å². The van der Waals surface area contributed by atoms with E-state index in [1.54, 1.807) is 0 Å². The van der Waals surface area contributed by atoms with Crippen molar-refractivity contribution in [1.82, 2.24) is 5.01 Å². The first-order chi connectivity index (χ1) is 13.1. The summed E-state index contributed by atoms with van der Waals surface area (Å²) in [5.74, 6) is -2.30. The number of amides is 1. The van der Waals surface area contributed by atoms with E-state index in [2.05, 4.69) is 14.8 Å². The molecule has 1 amide bonds. The van der Waals surface area contributed by atoms with Gasteiger partial charge in [-0.1, -0.05) is 32.1 Å². The molecular formula is C17H25N4O6+. The van der Waals surface area contributed by atoms with Gasteiger partial charge in [-0.25, -0.2) is 24.4 Å². The summed E-state index contributed by atoms with van der Waals surface area (Å²) in [5, 5.41) is 0.893. The molecule has 0 radical (unpaired) electrons. The number of carbonyl (C=O) groups excluding carboxylic acids is 4. The molecule has 0 N–H and O–H groups in total. The lowest BCUT2D eigenvalue weighted by Crippen LogP contribution is -2.52. The lowest BCUT2D eigenvalue weighted by Gasteiger charge is -2.20. The lowest BCUT2D eigenvalue weighted by atomic mass is 9.99. The van der Waals surface area contributed by atoms with Gasteiger partial charge in [-0.05, 0) is 30.7 Å². The van der Waals surface area contributed by atoms with E-state index in [0.29, 0.717) is 32.4 Å². The summed E-state index contributed by atoms with van der Waals surface area (Å²) in [6.07, 6.45) is 9.15. The van der Waals surface area contributed by atoms with Crippen molar-refractivity contribution in [2.45, 2.75) is 57.8 Å². The molecule has 0 saturated carbocycles. The fourth-order valence-corrected chi connectivity index (χ4v) is 2.77. The summed E-state index contributed by atoms with van der Waals surface area (Å²) >= 11 is 0. The Balaban J connectivity index is 2.34. The number of carbonyl (C=O) groups is 2. The van der Waals surface area contributed by atoms with E-state index >= 15 is 0 Å². The van der Waals surface area contributed by atoms with Crippen molar-refractivity contribution in [3.8, 4) is 0 Å². The zero-order valence-electron chi connectivity index (χ0n) is 15.3. The molecule has 1 heterocycles. The summed E-state index contributed by atoms with van der Waals surface area (Å²) in [6.45, 7) is 1.02. The number of unbranched alkanes of at least 4 members (excludes halogenated alkanes) is 6. The van der Waals surface area contributed by atoms with Crippen molar-refractivity contribution in [1.29, 1.82) is 0 Å². The Hall–Kier alpha value is -2.70. The van der Waals surface area contributed by atoms with Crippen LogP contribution in [0.25, 0.3) is 0 Å². The van der Waals surface area contributed by atoms with Crippen LogP contribution >= 0.6 is 0 Å². The van der Waals surface area contributed by atoms with Crippen LogP contribution in [0.3, 0.4) is 0 Å². The maximum atomic E-state index is 12.4. The number of hydrogen-bond acceptors (Lipinski definition) is 8. The van der Waals surface area contributed by atoms with E-state index in [9.17, 15) is 24.1 Å². The summed E-state index contributed by atoms with van der Waals surface area (Å²) in [6, 6.07) is 0. The molecule has 0 aromatic heterocycles. The molecule has 27 heavy (non-hydrogen) atoms. The number of nitrogens with zero attached hydrogens (tertiary/aromatic N) is 4. The molecule has 0 aliphatic carbocycles. The van der Waals surface area contributed by atoms with E-state index in [0.717, 1.165) is 43.5 Å². The Morgan fingerprint density at radius 1 is 0.889 bits per heavy atom. The van der Waals surface area contributed by atoms with Gasteiger partial charge in [0.15, 0.2) is 0 Å². The minimum absolute atomic E-state index is 0.0325. The first-order valence-corrected chi connectivity index (χ1v) is 9.19. The molecule has 1 saturated heterocycles. The van der Waals surface area contributed by atoms with Gasteiger partial charge in [-0.2, -0.15) is 0 Å². The Labute approximate surface area is 157 Å². The Morgan fingerprint density at radius 2 is 1.44 bits per heavy atom. The zero-order valence-corrected chi connectivity index (χ0v) is 15.3. The molecule has 10 nitrogen and oxygen atoms in total. The molecular weight excluding hydrogens is 356 g/mol. The third-order valence-corrected chi connectivity index (χ3v) is 4.23. The number of hydrogen-bond donors (Lipinski definition) is 0. The third-order valence-electron chi connectivity index (χ3n) is 4.23. The van der Waals surface area contributed by atoms with Crippen LogP contribution in [-0.4, -0.2) is 53.7 Å². The molecule has 148 valence electrons. The van der Waals surface area contributed by atoms with E-state index in [-0.39, 0.29) is 11.6 Å². The van der Waals surface area contributed by atoms with Gasteiger partial charge in [-0.3, -0.25) is 4.79 Å². The van der Waals surface area contributed by atoms with Gasteiger partial charge in [0.25, 0.3) is 0 Å². The molecule has 1 unspecified atom stereocenters. The average molecular weight is 381 g/mol. The monoisotopic (exact) mass is 381 g/mol. The second-order valence-corrected chi connectivity index (χ2v) is 6.23. The highest BCUT2D eigenvalue weighted by Gasteiger charge is 2.48. The van der Waals surface area contributed by atoms with Gasteiger partial charge in [0.05, 0.1) is 19.6 Å². The maximum absolute atomic E-state index is 12.4. The summed E-state index contributed by atoms with van der Waals surface area (Å²) in [4.78, 5) is 67.4. The zero-order chi connectivity index (χ0) is 19.9. The Morgan fingerprint density at radius 3 is 2.04 bits per heavy atom. The quantitative estimate of drug-likeness (QED) is 0.195. The topological polar surface area (TPSA) is 126 Å². The molecule has 10 heteroatoms. The minimum atomic E-state index is -0.954. The molecule has 1 fully saturated rings. The molecule has 0 bridgehead atoms. The lowest BCUT2D eigenvalue weighted by molar-refractivity contribution is -0.881. The summed E-state index contributed by atoms with van der Waals surface area (Å²) in [7, 11) is 0. The second-order valence-electron chi connectivity index (χ2n) is 6.23. The van der Waals surface area contributed by atoms with Crippen molar-refractivity contribution in [2.75, 3.05) is 19.6 Å². The van der Waals surface area contributed by atoms with Crippen LogP contribution in [-0.2, 0) is 24.0 Å². The van der Waals surface area contributed by atoms with Crippen molar-refractivity contribution < 1.29 is 29.0 Å². The van der Waals surface area contributed by atoms with E-state index in [4.69, 9.17) is 0 Å². The van der Waals surface area contributed by atoms with Crippen LogP contribution in [0.4, 0.5) is 0 Å². The minimum Gasteiger partial charge on any atom is -0.268 e. The van der Waals surface area contributed by atoms with Crippen molar-refractivity contribution in [3.05, 3.63) is 4.91 Å². The second kappa shape index (κ2) is 13.5. The SMILES string of the molecule is O=C=NCCCCCCC1C(=O)O[N+](=O)N(CCCCCCN=C=O)C1=O. The highest BCUT2D eigenvalue weighted by atomic mass is 16.8. The van der Waals surface area contributed by atoms with Gasteiger partial charge in [0.1, 0.15) is 10.8 Å². The molecule has 0 spiro atoms. The Bertz CT molecular complexity index is 561. The van der Waals surface area contributed by atoms with E-state index < -0.39 is 17.8 Å². The first kappa shape index (κ1) is 22.3. The summed E-state index contributed by atoms with van der Waals surface area (Å²) < 4.78 is 0. The van der Waals surface area contributed by atoms with Crippen LogP contribution in [0.5, 0.6) is 0 Å². The average Bonchev–Trinajstić information content (AvgIpc) is 2.64. The number of aliphatic imine (C=N–C) groups is 2. The van der Waals surface area contributed by atoms with Crippen molar-refractivity contribution in [2.24, 2.45) is 15.9 Å². The van der Waals surface area contributed by atoms with Crippen LogP contribution < -0.4 is 0 Å². The normalized spacial score (nSPS) is 16.5. The standard InChI is InChI=1S/C17H25N4O6/c22-13-18-10-6-2-1-5-9-15-16(24)20(21(26)27-17(15)25)12-8-4-3-7-11-19-14-23/h15H,1-12H2/q+1. The molecule has 1 aliphatic heterocycles. The van der Waals surface area contributed by atoms with Gasteiger partial charge in [0, 0.05) is 0 Å². The highest BCUT2D eigenvalue weighted by Crippen LogP contribution is 2.21. The number of rotatable bonds is 14. The predicted molar refractivity (Wildman–Crippen MR) is 92.5 cm³/mol. The third kappa shape index (κ3) is 8.48. The molecule has 0 aromatic rings. The fraction of sp³-hybridized carbons (Fsp3) is 0.765. The predicted octanol–water partition coefficient (Wildman–Crippen LogP) is 1.78. The molecule has 1 aliphatic rings. The van der Waals surface area contributed by atoms with Gasteiger partial charge in [-0.15, -0.1) is 4.84 Å². The van der Waals surface area contributed by atoms with Crippen LogP contribution in [0.2, 0.25) is 0 Å². The van der Waals surface area contributed by atoms with E-state index in [1.165, 1.54) is 12.2 Å². The number of hydrazine groups is 1. The molecule has 0 aromatic carbocycles. The number of isocyanates is 2. The van der Waals surface area contributed by atoms with Gasteiger partial charge >= 0.3 is 16.9 Å². The maximum Gasteiger partial charge on any atom is 0.401 e. The summed E-state index contributed by atoms with van der Waals surface area (Å²) in [5.41, 5.74) is 0. The fourth-order valence-electron chi connectivity index (χ4n) is 2.77. The van der Waals surface area contributed by atoms with E-state index in [1.807, 2.05) is 0 Å². The van der Waals surface area contributed by atoms with Gasteiger partial charge < -0.3 is 0 Å². The molecule has 1 rings (SSSR count). The Kier molecular flexibility index (Phi) is 11.2. The van der Waals surface area contributed by atoms with Gasteiger partial charge in [0.2, 0.25) is 12.2 Å². The smallest absolute Gasteiger partial charge is 0.268 e. The first-order valence-electron chi connectivity index (χ1n) is 9.19. The van der Waals surface area contributed by atoms with Crippen molar-refractivity contribution >= 4 is 24.0 Å². The van der Waals surface area contributed by atoms with Crippen LogP contribution in [0.1, 0.15) is 57.8 Å². The molecule has 1 atom stereocenters. The van der Waals surface area contributed by atoms with Crippen LogP contribution in [0.15, 0.2) is 9.98 Å². The van der Waals surface area contributed by atoms with Crippen LogP contribution in [0, 0.1) is 10.8 Å².